The number of ether oxygens (including phenoxy) is 1. The molecule has 5 N–H and O–H groups in total. The third-order valence-corrected chi connectivity index (χ3v) is 9.67. The van der Waals surface area contributed by atoms with E-state index in [4.69, 9.17) is 21.2 Å². The van der Waals surface area contributed by atoms with E-state index in [1.165, 1.54) is 17.3 Å². The Hall–Kier alpha value is -3.68. The van der Waals surface area contributed by atoms with Crippen molar-refractivity contribution in [2.75, 3.05) is 54.9 Å². The van der Waals surface area contributed by atoms with Gasteiger partial charge in [-0.05, 0) is 42.4 Å². The zero-order valence-corrected chi connectivity index (χ0v) is 22.8. The first-order chi connectivity index (χ1) is 19.5. The number of rotatable bonds is 5. The van der Waals surface area contributed by atoms with Crippen molar-refractivity contribution in [3.63, 3.8) is 0 Å². The highest BCUT2D eigenvalue weighted by molar-refractivity contribution is 7.99. The molecule has 1 aliphatic carbocycles. The maximum absolute atomic E-state index is 12.9. The summed E-state index contributed by atoms with van der Waals surface area (Å²) in [5.74, 6) is 2.08. The van der Waals surface area contributed by atoms with Crippen molar-refractivity contribution < 1.29 is 14.6 Å². The van der Waals surface area contributed by atoms with Crippen LogP contribution in [0.1, 0.15) is 30.1 Å². The molecule has 2 fully saturated rings. The summed E-state index contributed by atoms with van der Waals surface area (Å²) in [5.41, 5.74) is 15.4. The van der Waals surface area contributed by atoms with Crippen molar-refractivity contribution in [3.8, 4) is 5.75 Å². The van der Waals surface area contributed by atoms with Crippen LogP contribution in [0.15, 0.2) is 46.7 Å². The van der Waals surface area contributed by atoms with Crippen molar-refractivity contribution in [2.24, 2.45) is 11.1 Å². The number of carbonyl (C=O) groups excluding carboxylic acids is 1. The van der Waals surface area contributed by atoms with Gasteiger partial charge >= 0.3 is 6.03 Å². The SMILES string of the molecule is Nc1nc(N2CCC3(CC2)Cc2ncccc2[C@H]3N)cnc1Sc1ccnc2c1OCC1CN(CCO)C(=O)N21. The summed E-state index contributed by atoms with van der Waals surface area (Å²) in [7, 11) is 0. The predicted molar refractivity (Wildman–Crippen MR) is 149 cm³/mol. The smallest absolute Gasteiger partial charge is 0.326 e. The fourth-order valence-corrected chi connectivity index (χ4v) is 7.29. The van der Waals surface area contributed by atoms with Crippen molar-refractivity contribution in [3.05, 3.63) is 48.0 Å². The first-order valence-electron chi connectivity index (χ1n) is 13.5. The lowest BCUT2D eigenvalue weighted by atomic mass is 9.73. The Morgan fingerprint density at radius 1 is 1.18 bits per heavy atom. The van der Waals surface area contributed by atoms with Crippen LogP contribution in [-0.2, 0) is 6.42 Å². The fourth-order valence-electron chi connectivity index (χ4n) is 6.45. The van der Waals surface area contributed by atoms with Gasteiger partial charge in [-0.1, -0.05) is 17.8 Å². The second kappa shape index (κ2) is 9.75. The number of aromatic nitrogens is 4. The van der Waals surface area contributed by atoms with E-state index in [1.54, 1.807) is 22.2 Å². The number of nitrogens with two attached hydrogens (primary N) is 2. The number of aliphatic hydroxyl groups excluding tert-OH is 1. The molecule has 4 aliphatic rings. The van der Waals surface area contributed by atoms with Crippen molar-refractivity contribution >= 4 is 35.2 Å². The zero-order chi connectivity index (χ0) is 27.4. The number of hydrogen-bond donors (Lipinski definition) is 3. The van der Waals surface area contributed by atoms with Gasteiger partial charge in [-0.2, -0.15) is 0 Å². The molecule has 208 valence electrons. The minimum absolute atomic E-state index is 0.00525. The van der Waals surface area contributed by atoms with Gasteiger partial charge in [0.25, 0.3) is 0 Å². The van der Waals surface area contributed by atoms with Crippen molar-refractivity contribution in [2.45, 2.75) is 41.3 Å². The molecule has 0 radical (unpaired) electrons. The Morgan fingerprint density at radius 3 is 2.80 bits per heavy atom. The molecule has 3 aliphatic heterocycles. The van der Waals surface area contributed by atoms with Gasteiger partial charge < -0.3 is 31.1 Å². The fraction of sp³-hybridized carbons (Fsp3) is 0.444. The summed E-state index contributed by atoms with van der Waals surface area (Å²) in [6.07, 6.45) is 8.09. The number of fused-ring (bicyclic) bond motifs is 4. The Bertz CT molecular complexity index is 1460. The van der Waals surface area contributed by atoms with Gasteiger partial charge in [0, 0.05) is 50.3 Å². The van der Waals surface area contributed by atoms with Gasteiger partial charge in [-0.25, -0.2) is 19.7 Å². The van der Waals surface area contributed by atoms with Crippen LogP contribution in [-0.4, -0.2) is 81.4 Å². The lowest BCUT2D eigenvalue weighted by molar-refractivity contribution is 0.186. The van der Waals surface area contributed by atoms with E-state index in [0.717, 1.165) is 48.8 Å². The van der Waals surface area contributed by atoms with E-state index < -0.39 is 0 Å². The zero-order valence-electron chi connectivity index (χ0n) is 21.9. The Balaban J connectivity index is 1.06. The van der Waals surface area contributed by atoms with Gasteiger partial charge in [0.1, 0.15) is 17.5 Å². The summed E-state index contributed by atoms with van der Waals surface area (Å²) in [6.45, 7) is 2.68. The van der Waals surface area contributed by atoms with Crippen LogP contribution in [0, 0.1) is 5.41 Å². The third-order valence-electron chi connectivity index (χ3n) is 8.62. The number of nitrogens with zero attached hydrogens (tertiary/aromatic N) is 7. The molecule has 2 saturated heterocycles. The van der Waals surface area contributed by atoms with E-state index in [1.807, 2.05) is 18.3 Å². The number of hydrogen-bond acceptors (Lipinski definition) is 11. The molecule has 1 unspecified atom stereocenters. The summed E-state index contributed by atoms with van der Waals surface area (Å²) in [4.78, 5) is 37.6. The number of carbonyl (C=O) groups is 1. The number of pyridine rings is 2. The van der Waals surface area contributed by atoms with Crippen molar-refractivity contribution in [1.29, 1.82) is 0 Å². The number of nitrogen functional groups attached to an aromatic ring is 1. The molecule has 1 spiro atoms. The lowest BCUT2D eigenvalue weighted by Gasteiger charge is -2.42. The number of anilines is 3. The molecule has 6 heterocycles. The topological polar surface area (TPSA) is 160 Å². The third kappa shape index (κ3) is 4.02. The van der Waals surface area contributed by atoms with Gasteiger partial charge in [-0.3, -0.25) is 9.88 Å². The van der Waals surface area contributed by atoms with Gasteiger partial charge in [-0.15, -0.1) is 0 Å². The quantitative estimate of drug-likeness (QED) is 0.417. The minimum atomic E-state index is -0.177. The van der Waals surface area contributed by atoms with Gasteiger partial charge in [0.15, 0.2) is 17.4 Å². The molecule has 3 aromatic rings. The van der Waals surface area contributed by atoms with E-state index in [9.17, 15) is 9.90 Å². The highest BCUT2D eigenvalue weighted by Crippen LogP contribution is 2.50. The molecule has 0 bridgehead atoms. The summed E-state index contributed by atoms with van der Waals surface area (Å²) < 4.78 is 6.07. The van der Waals surface area contributed by atoms with E-state index >= 15 is 0 Å². The molecule has 7 rings (SSSR count). The van der Waals surface area contributed by atoms with E-state index in [0.29, 0.717) is 35.6 Å². The van der Waals surface area contributed by atoms with Crippen LogP contribution in [0.25, 0.3) is 0 Å². The van der Waals surface area contributed by atoms with Crippen LogP contribution in [0.5, 0.6) is 5.75 Å². The largest absolute Gasteiger partial charge is 0.486 e. The van der Waals surface area contributed by atoms with Crippen LogP contribution in [0.2, 0.25) is 0 Å². The Morgan fingerprint density at radius 2 is 2.02 bits per heavy atom. The Labute approximate surface area is 235 Å². The average molecular weight is 562 g/mol. The second-order valence-electron chi connectivity index (χ2n) is 10.8. The molecule has 3 aromatic heterocycles. The summed E-state index contributed by atoms with van der Waals surface area (Å²) in [5, 5.41) is 9.87. The van der Waals surface area contributed by atoms with Crippen LogP contribution >= 0.6 is 11.8 Å². The molecule has 0 saturated carbocycles. The van der Waals surface area contributed by atoms with Crippen LogP contribution in [0.3, 0.4) is 0 Å². The molecule has 2 amide bonds. The average Bonchev–Trinajstić information content (AvgIpc) is 3.44. The first kappa shape index (κ1) is 25.3. The molecule has 12 nitrogen and oxygen atoms in total. The Kier molecular flexibility index (Phi) is 6.17. The summed E-state index contributed by atoms with van der Waals surface area (Å²) in [6, 6.07) is 5.58. The molecule has 0 aromatic carbocycles. The van der Waals surface area contributed by atoms with E-state index in [2.05, 4.69) is 25.9 Å². The van der Waals surface area contributed by atoms with Crippen molar-refractivity contribution in [1.82, 2.24) is 24.8 Å². The highest BCUT2D eigenvalue weighted by Gasteiger charge is 2.47. The predicted octanol–water partition coefficient (Wildman–Crippen LogP) is 1.84. The molecule has 40 heavy (non-hydrogen) atoms. The molecule has 13 heteroatoms. The minimum Gasteiger partial charge on any atom is -0.486 e. The van der Waals surface area contributed by atoms with Gasteiger partial charge in [0.2, 0.25) is 0 Å². The summed E-state index contributed by atoms with van der Waals surface area (Å²) >= 11 is 1.34. The number of aliphatic hydroxyl groups is 1. The van der Waals surface area contributed by atoms with Gasteiger partial charge in [0.05, 0.1) is 23.7 Å². The monoisotopic (exact) mass is 561 g/mol. The number of β-amino-alcohol motifs (C(OH)–C–C–N with tert-alkyl or cyclic N) is 1. The maximum atomic E-state index is 12.9. The molecular formula is C27H31N9O3S. The highest BCUT2D eigenvalue weighted by atomic mass is 32.2. The normalized spacial score (nSPS) is 22.8. The molecule has 2 atom stereocenters. The lowest BCUT2D eigenvalue weighted by Crippen LogP contribution is -2.44. The number of amides is 2. The number of urea groups is 1. The first-order valence-corrected chi connectivity index (χ1v) is 14.3. The van der Waals surface area contributed by atoms with E-state index in [-0.39, 0.29) is 36.7 Å². The standard InChI is InChI=1S/C27H31N9O3S/c28-22-17-2-1-6-30-18(17)12-27(22)4-8-34(9-5-27)20-13-32-25(23(29)33-20)40-19-3-7-31-24-21(19)39-15-16-14-35(10-11-37)26(38)36(16)24/h1-3,6-7,13,16,22,37H,4-5,8-12,14-15,28H2,(H2,29,33)/t16?,22-/m1/s1. The number of piperidine rings is 1. The van der Waals surface area contributed by atoms with Crippen LogP contribution < -0.4 is 26.0 Å². The van der Waals surface area contributed by atoms with Crippen LogP contribution in [0.4, 0.5) is 22.2 Å². The maximum Gasteiger partial charge on any atom is 0.326 e. The second-order valence-corrected chi connectivity index (χ2v) is 11.8. The molecular weight excluding hydrogens is 530 g/mol.